The number of benzene rings is 1. The third-order valence-corrected chi connectivity index (χ3v) is 4.73. The Bertz CT molecular complexity index is 549. The summed E-state index contributed by atoms with van der Waals surface area (Å²) in [6.45, 7) is 5.14. The summed E-state index contributed by atoms with van der Waals surface area (Å²) >= 11 is 0. The summed E-state index contributed by atoms with van der Waals surface area (Å²) in [6, 6.07) is 7.76. The first kappa shape index (κ1) is 16.1. The van der Waals surface area contributed by atoms with Crippen molar-refractivity contribution in [2.24, 2.45) is 5.92 Å². The molecule has 2 aliphatic rings. The number of hydrogen-bond acceptors (Lipinski definition) is 3. The molecule has 1 aromatic rings. The Morgan fingerprint density at radius 1 is 1.35 bits per heavy atom. The molecule has 0 aromatic heterocycles. The van der Waals surface area contributed by atoms with Crippen molar-refractivity contribution in [1.82, 2.24) is 10.6 Å². The van der Waals surface area contributed by atoms with Crippen molar-refractivity contribution < 1.29 is 14.3 Å². The van der Waals surface area contributed by atoms with E-state index >= 15 is 0 Å². The first-order chi connectivity index (χ1) is 11.1. The van der Waals surface area contributed by atoms with Crippen LogP contribution in [0.15, 0.2) is 24.3 Å². The van der Waals surface area contributed by atoms with Gasteiger partial charge in [-0.1, -0.05) is 18.2 Å². The second-order valence-electron chi connectivity index (χ2n) is 6.65. The molecular weight excluding hydrogens is 292 g/mol. The number of carbonyl (C=O) groups excluding carboxylic acids is 1. The number of nitrogens with one attached hydrogen (secondary N) is 2. The van der Waals surface area contributed by atoms with Crippen LogP contribution in [0, 0.1) is 12.8 Å². The molecule has 126 valence electrons. The van der Waals surface area contributed by atoms with Crippen LogP contribution in [0.5, 0.6) is 5.75 Å². The molecule has 23 heavy (non-hydrogen) atoms. The molecule has 2 fully saturated rings. The molecule has 5 heteroatoms. The Morgan fingerprint density at radius 2 is 2.17 bits per heavy atom. The average molecular weight is 318 g/mol. The van der Waals surface area contributed by atoms with Crippen LogP contribution in [-0.4, -0.2) is 37.4 Å². The highest BCUT2D eigenvalue weighted by Gasteiger charge is 2.40. The highest BCUT2D eigenvalue weighted by molar-refractivity contribution is 5.73. The number of para-hydroxylation sites is 1. The van der Waals surface area contributed by atoms with Crippen molar-refractivity contribution >= 4 is 6.03 Å². The molecular formula is C18H26N2O3. The molecule has 4 unspecified atom stereocenters. The van der Waals surface area contributed by atoms with Crippen LogP contribution in [0.1, 0.15) is 31.7 Å². The van der Waals surface area contributed by atoms with E-state index in [2.05, 4.69) is 10.6 Å². The fourth-order valence-corrected chi connectivity index (χ4v) is 3.43. The minimum Gasteiger partial charge on any atom is -0.489 e. The molecule has 4 atom stereocenters. The Kier molecular flexibility index (Phi) is 5.06. The smallest absolute Gasteiger partial charge is 0.314 e. The van der Waals surface area contributed by atoms with Gasteiger partial charge in [0.15, 0.2) is 0 Å². The number of carbonyl (C=O) groups is 1. The molecule has 0 spiro atoms. The SMILES string of the molecule is Cc1ccccc1OC(C)CNC(=O)NCC1CC2CCC1O2. The summed E-state index contributed by atoms with van der Waals surface area (Å²) in [4.78, 5) is 11.9. The van der Waals surface area contributed by atoms with E-state index in [4.69, 9.17) is 9.47 Å². The zero-order valence-electron chi connectivity index (χ0n) is 13.9. The maximum Gasteiger partial charge on any atom is 0.314 e. The van der Waals surface area contributed by atoms with Gasteiger partial charge in [-0.25, -0.2) is 4.79 Å². The zero-order valence-corrected chi connectivity index (χ0v) is 13.9. The van der Waals surface area contributed by atoms with Crippen molar-refractivity contribution in [2.45, 2.75) is 51.4 Å². The minimum atomic E-state index is -0.131. The summed E-state index contributed by atoms with van der Waals surface area (Å²) in [6.07, 6.45) is 4.10. The van der Waals surface area contributed by atoms with Crippen LogP contribution >= 0.6 is 0 Å². The molecule has 2 saturated heterocycles. The number of urea groups is 1. The number of rotatable bonds is 6. The van der Waals surface area contributed by atoms with E-state index in [0.29, 0.717) is 31.2 Å². The maximum absolute atomic E-state index is 11.9. The summed E-state index contributed by atoms with van der Waals surface area (Å²) in [7, 11) is 0. The number of fused-ring (bicyclic) bond motifs is 2. The van der Waals surface area contributed by atoms with Gasteiger partial charge >= 0.3 is 6.03 Å². The third-order valence-electron chi connectivity index (χ3n) is 4.73. The van der Waals surface area contributed by atoms with Gasteiger partial charge < -0.3 is 20.1 Å². The van der Waals surface area contributed by atoms with E-state index in [-0.39, 0.29) is 12.1 Å². The molecule has 2 N–H and O–H groups in total. The topological polar surface area (TPSA) is 59.6 Å². The monoisotopic (exact) mass is 318 g/mol. The van der Waals surface area contributed by atoms with Gasteiger partial charge in [-0.3, -0.25) is 0 Å². The molecule has 0 aliphatic carbocycles. The second-order valence-corrected chi connectivity index (χ2v) is 6.65. The minimum absolute atomic E-state index is 0.0762. The predicted molar refractivity (Wildman–Crippen MR) is 88.7 cm³/mol. The highest BCUT2D eigenvalue weighted by atomic mass is 16.5. The van der Waals surface area contributed by atoms with Gasteiger partial charge in [-0.2, -0.15) is 0 Å². The summed E-state index contributed by atoms with van der Waals surface area (Å²) in [5.41, 5.74) is 1.10. The Morgan fingerprint density at radius 3 is 2.87 bits per heavy atom. The van der Waals surface area contributed by atoms with Crippen molar-refractivity contribution in [3.63, 3.8) is 0 Å². The lowest BCUT2D eigenvalue weighted by molar-refractivity contribution is 0.0927. The van der Waals surface area contributed by atoms with Crippen molar-refractivity contribution in [2.75, 3.05) is 13.1 Å². The van der Waals surface area contributed by atoms with Crippen LogP contribution in [0.25, 0.3) is 0 Å². The van der Waals surface area contributed by atoms with Gasteiger partial charge in [0.25, 0.3) is 0 Å². The van der Waals surface area contributed by atoms with Crippen LogP contribution < -0.4 is 15.4 Å². The Hall–Kier alpha value is -1.75. The fraction of sp³-hybridized carbons (Fsp3) is 0.611. The molecule has 2 amide bonds. The first-order valence-corrected chi connectivity index (χ1v) is 8.51. The van der Waals surface area contributed by atoms with E-state index in [0.717, 1.165) is 24.2 Å². The molecule has 1 aromatic carbocycles. The number of amides is 2. The number of hydrogen-bond donors (Lipinski definition) is 2. The predicted octanol–water partition coefficient (Wildman–Crippen LogP) is 2.63. The first-order valence-electron chi connectivity index (χ1n) is 8.51. The standard InChI is InChI=1S/C18H26N2O3/c1-12-5-3-4-6-16(12)22-13(2)10-19-18(21)20-11-14-9-15-7-8-17(14)23-15/h3-6,13-15,17H,7-11H2,1-2H3,(H2,19,20,21). The van der Waals surface area contributed by atoms with E-state index < -0.39 is 0 Å². The number of aryl methyl sites for hydroxylation is 1. The molecule has 2 bridgehead atoms. The van der Waals surface area contributed by atoms with Crippen LogP contribution in [0.2, 0.25) is 0 Å². The number of ether oxygens (including phenoxy) is 2. The molecule has 0 radical (unpaired) electrons. The molecule has 5 nitrogen and oxygen atoms in total. The maximum atomic E-state index is 11.9. The van der Waals surface area contributed by atoms with Gasteiger partial charge in [0.2, 0.25) is 0 Å². The van der Waals surface area contributed by atoms with Gasteiger partial charge in [-0.15, -0.1) is 0 Å². The van der Waals surface area contributed by atoms with Gasteiger partial charge in [0.05, 0.1) is 18.8 Å². The fourth-order valence-electron chi connectivity index (χ4n) is 3.43. The second kappa shape index (κ2) is 7.21. The third kappa shape index (κ3) is 4.16. The summed E-state index contributed by atoms with van der Waals surface area (Å²) in [5, 5.41) is 5.83. The van der Waals surface area contributed by atoms with Gasteiger partial charge in [0.1, 0.15) is 11.9 Å². The lowest BCUT2D eigenvalue weighted by Crippen LogP contribution is -2.43. The van der Waals surface area contributed by atoms with Crippen LogP contribution in [0.3, 0.4) is 0 Å². The van der Waals surface area contributed by atoms with Crippen molar-refractivity contribution in [3.8, 4) is 5.75 Å². The molecule has 2 aliphatic heterocycles. The Labute approximate surface area is 137 Å². The lowest BCUT2D eigenvalue weighted by Gasteiger charge is -2.20. The van der Waals surface area contributed by atoms with Gasteiger partial charge in [-0.05, 0) is 44.7 Å². The lowest BCUT2D eigenvalue weighted by atomic mass is 9.89. The molecule has 0 saturated carbocycles. The van der Waals surface area contributed by atoms with Gasteiger partial charge in [0, 0.05) is 12.5 Å². The van der Waals surface area contributed by atoms with E-state index in [9.17, 15) is 4.79 Å². The Balaban J connectivity index is 1.35. The van der Waals surface area contributed by atoms with E-state index in [1.165, 1.54) is 6.42 Å². The van der Waals surface area contributed by atoms with Crippen molar-refractivity contribution in [3.05, 3.63) is 29.8 Å². The largest absolute Gasteiger partial charge is 0.489 e. The normalized spacial score (nSPS) is 26.8. The summed E-state index contributed by atoms with van der Waals surface area (Å²) < 4.78 is 11.7. The molecule has 3 rings (SSSR count). The van der Waals surface area contributed by atoms with E-state index in [1.807, 2.05) is 38.1 Å². The quantitative estimate of drug-likeness (QED) is 0.848. The average Bonchev–Trinajstić information content (AvgIpc) is 3.16. The summed E-state index contributed by atoms with van der Waals surface area (Å²) in [5.74, 6) is 1.33. The zero-order chi connectivity index (χ0) is 16.2. The van der Waals surface area contributed by atoms with E-state index in [1.54, 1.807) is 0 Å². The van der Waals surface area contributed by atoms with Crippen LogP contribution in [0.4, 0.5) is 4.79 Å². The highest BCUT2D eigenvalue weighted by Crippen LogP contribution is 2.38. The molecule has 2 heterocycles. The van der Waals surface area contributed by atoms with Crippen molar-refractivity contribution in [1.29, 1.82) is 0 Å². The van der Waals surface area contributed by atoms with Crippen LogP contribution in [-0.2, 0) is 4.74 Å².